The number of ether oxygens (including phenoxy) is 1. The number of rotatable bonds is 6. The summed E-state index contributed by atoms with van der Waals surface area (Å²) < 4.78 is 7.51. The van der Waals surface area contributed by atoms with Gasteiger partial charge in [-0.15, -0.1) is 10.2 Å². The molecule has 0 aliphatic heterocycles. The van der Waals surface area contributed by atoms with E-state index in [4.69, 9.17) is 16.3 Å². The van der Waals surface area contributed by atoms with E-state index >= 15 is 0 Å². The summed E-state index contributed by atoms with van der Waals surface area (Å²) in [6.45, 7) is 2.53. The molecule has 7 heteroatoms. The van der Waals surface area contributed by atoms with Crippen LogP contribution in [0.5, 0.6) is 5.75 Å². The van der Waals surface area contributed by atoms with Crippen LogP contribution < -0.4 is 4.74 Å². The first kappa shape index (κ1) is 14.3. The molecule has 0 amide bonds. The number of benzene rings is 1. The Morgan fingerprint density at radius 3 is 2.95 bits per heavy atom. The van der Waals surface area contributed by atoms with E-state index in [0.717, 1.165) is 35.1 Å². The van der Waals surface area contributed by atoms with E-state index in [1.807, 2.05) is 22.7 Å². The fourth-order valence-electron chi connectivity index (χ4n) is 1.95. The van der Waals surface area contributed by atoms with Crippen LogP contribution in [-0.2, 0) is 13.0 Å². The highest BCUT2D eigenvalue weighted by atomic mass is 35.5. The van der Waals surface area contributed by atoms with Crippen LogP contribution in [0.3, 0.4) is 0 Å². The van der Waals surface area contributed by atoms with Gasteiger partial charge in [0.25, 0.3) is 0 Å². The molecule has 0 saturated heterocycles. The predicted molar refractivity (Wildman–Crippen MR) is 83.1 cm³/mol. The highest BCUT2D eigenvalue weighted by molar-refractivity contribution is 7.16. The monoisotopic (exact) mass is 322 g/mol. The SMILES string of the molecule is CCCCc1nnc2sc(COc3ccccc3Cl)nn12. The third-order valence-corrected chi connectivity index (χ3v) is 4.22. The molecule has 0 spiro atoms. The standard InChI is InChI=1S/C14H15ClN4OS/c1-2-3-8-12-16-17-14-19(12)18-13(21-14)9-20-11-7-5-4-6-10(11)15/h4-7H,2-3,8-9H2,1H3. The fourth-order valence-corrected chi connectivity index (χ4v) is 2.90. The molecule has 1 aromatic carbocycles. The summed E-state index contributed by atoms with van der Waals surface area (Å²) in [6, 6.07) is 7.41. The number of hydrogen-bond donors (Lipinski definition) is 0. The Balaban J connectivity index is 1.73. The molecule has 5 nitrogen and oxygen atoms in total. The Morgan fingerprint density at radius 2 is 2.14 bits per heavy atom. The molecular weight excluding hydrogens is 308 g/mol. The molecular formula is C14H15ClN4OS. The van der Waals surface area contributed by atoms with Crippen molar-refractivity contribution in [2.45, 2.75) is 32.8 Å². The highest BCUT2D eigenvalue weighted by Crippen LogP contribution is 2.25. The van der Waals surface area contributed by atoms with Crippen LogP contribution >= 0.6 is 22.9 Å². The average molecular weight is 323 g/mol. The van der Waals surface area contributed by atoms with Crippen molar-refractivity contribution >= 4 is 27.9 Å². The number of fused-ring (bicyclic) bond motifs is 1. The number of aryl methyl sites for hydroxylation is 1. The molecule has 0 aliphatic carbocycles. The van der Waals surface area contributed by atoms with Gasteiger partial charge in [-0.1, -0.05) is 48.4 Å². The molecule has 21 heavy (non-hydrogen) atoms. The van der Waals surface area contributed by atoms with Gasteiger partial charge in [-0.05, 0) is 18.6 Å². The third kappa shape index (κ3) is 3.16. The molecule has 0 saturated carbocycles. The van der Waals surface area contributed by atoms with Crippen molar-refractivity contribution in [3.05, 3.63) is 40.1 Å². The summed E-state index contributed by atoms with van der Waals surface area (Å²) >= 11 is 7.55. The van der Waals surface area contributed by atoms with Crippen molar-refractivity contribution in [1.82, 2.24) is 19.8 Å². The Bertz CT molecular complexity index is 739. The molecule has 3 aromatic rings. The lowest BCUT2D eigenvalue weighted by molar-refractivity contribution is 0.304. The van der Waals surface area contributed by atoms with Crippen LogP contribution in [0.4, 0.5) is 0 Å². The smallest absolute Gasteiger partial charge is 0.234 e. The maximum Gasteiger partial charge on any atom is 0.234 e. The van der Waals surface area contributed by atoms with Gasteiger partial charge < -0.3 is 4.74 Å². The second-order valence-corrected chi connectivity index (χ2v) is 6.08. The number of halogens is 1. The van der Waals surface area contributed by atoms with Gasteiger partial charge in [0.15, 0.2) is 10.8 Å². The molecule has 0 radical (unpaired) electrons. The first-order valence-electron chi connectivity index (χ1n) is 6.85. The molecule has 2 aromatic heterocycles. The molecule has 0 fully saturated rings. The van der Waals surface area contributed by atoms with Crippen LogP contribution in [0.25, 0.3) is 4.96 Å². The van der Waals surface area contributed by atoms with Crippen molar-refractivity contribution in [1.29, 1.82) is 0 Å². The number of unbranched alkanes of at least 4 members (excludes halogenated alkanes) is 1. The van der Waals surface area contributed by atoms with Crippen molar-refractivity contribution < 1.29 is 4.74 Å². The minimum atomic E-state index is 0.380. The Labute approximate surface area is 131 Å². The summed E-state index contributed by atoms with van der Waals surface area (Å²) in [5.41, 5.74) is 0. The van der Waals surface area contributed by atoms with E-state index in [1.54, 1.807) is 6.07 Å². The Hall–Kier alpha value is -1.66. The normalized spacial score (nSPS) is 11.1. The zero-order valence-electron chi connectivity index (χ0n) is 11.6. The second kappa shape index (κ2) is 6.41. The second-order valence-electron chi connectivity index (χ2n) is 4.63. The maximum atomic E-state index is 6.06. The topological polar surface area (TPSA) is 52.3 Å². The van der Waals surface area contributed by atoms with Crippen molar-refractivity contribution in [3.8, 4) is 5.75 Å². The molecule has 2 heterocycles. The van der Waals surface area contributed by atoms with E-state index < -0.39 is 0 Å². The highest BCUT2D eigenvalue weighted by Gasteiger charge is 2.12. The fraction of sp³-hybridized carbons (Fsp3) is 0.357. The van der Waals surface area contributed by atoms with E-state index in [9.17, 15) is 0 Å². The largest absolute Gasteiger partial charge is 0.485 e. The van der Waals surface area contributed by atoms with Gasteiger partial charge in [0.05, 0.1) is 5.02 Å². The maximum absolute atomic E-state index is 6.06. The number of aromatic nitrogens is 4. The van der Waals surface area contributed by atoms with Crippen molar-refractivity contribution in [3.63, 3.8) is 0 Å². The first-order valence-corrected chi connectivity index (χ1v) is 8.04. The van der Waals surface area contributed by atoms with Gasteiger partial charge in [-0.3, -0.25) is 0 Å². The third-order valence-electron chi connectivity index (χ3n) is 3.04. The van der Waals surface area contributed by atoms with Gasteiger partial charge in [0, 0.05) is 6.42 Å². The summed E-state index contributed by atoms with van der Waals surface area (Å²) in [5, 5.41) is 14.3. The van der Waals surface area contributed by atoms with E-state index in [0.29, 0.717) is 17.4 Å². The quantitative estimate of drug-likeness (QED) is 0.693. The van der Waals surface area contributed by atoms with E-state index in [2.05, 4.69) is 22.2 Å². The molecule has 110 valence electrons. The number of hydrogen-bond acceptors (Lipinski definition) is 5. The average Bonchev–Trinajstić information content (AvgIpc) is 3.05. The Kier molecular flexibility index (Phi) is 4.36. The number of nitrogens with zero attached hydrogens (tertiary/aromatic N) is 4. The molecule has 3 rings (SSSR count). The van der Waals surface area contributed by atoms with Gasteiger partial charge >= 0.3 is 0 Å². The lowest BCUT2D eigenvalue weighted by Gasteiger charge is -2.04. The van der Waals surface area contributed by atoms with Crippen LogP contribution in [0.2, 0.25) is 5.02 Å². The van der Waals surface area contributed by atoms with Crippen LogP contribution in [0.15, 0.2) is 24.3 Å². The van der Waals surface area contributed by atoms with Crippen LogP contribution in [0, 0.1) is 0 Å². The van der Waals surface area contributed by atoms with Gasteiger partial charge in [0.2, 0.25) is 4.96 Å². The lowest BCUT2D eigenvalue weighted by Crippen LogP contribution is -1.99. The van der Waals surface area contributed by atoms with Gasteiger partial charge in [-0.25, -0.2) is 0 Å². The molecule has 0 N–H and O–H groups in total. The summed E-state index contributed by atoms with van der Waals surface area (Å²) in [5.74, 6) is 1.57. The zero-order chi connectivity index (χ0) is 14.7. The van der Waals surface area contributed by atoms with Crippen molar-refractivity contribution in [2.24, 2.45) is 0 Å². The minimum absolute atomic E-state index is 0.380. The summed E-state index contributed by atoms with van der Waals surface area (Å²) in [4.78, 5) is 0.805. The van der Waals surface area contributed by atoms with Crippen molar-refractivity contribution in [2.75, 3.05) is 0 Å². The molecule has 0 aliphatic rings. The first-order chi connectivity index (χ1) is 10.3. The summed E-state index contributed by atoms with van der Waals surface area (Å²) in [6.07, 6.45) is 3.11. The molecule has 0 atom stereocenters. The summed E-state index contributed by atoms with van der Waals surface area (Å²) in [7, 11) is 0. The van der Waals surface area contributed by atoms with Gasteiger partial charge in [-0.2, -0.15) is 9.61 Å². The number of para-hydroxylation sites is 1. The van der Waals surface area contributed by atoms with Gasteiger partial charge in [0.1, 0.15) is 12.4 Å². The van der Waals surface area contributed by atoms with E-state index in [-0.39, 0.29) is 0 Å². The molecule has 0 bridgehead atoms. The minimum Gasteiger partial charge on any atom is -0.485 e. The predicted octanol–water partition coefficient (Wildman–Crippen LogP) is 3.76. The Morgan fingerprint density at radius 1 is 1.29 bits per heavy atom. The van der Waals surface area contributed by atoms with Crippen LogP contribution in [0.1, 0.15) is 30.6 Å². The molecule has 0 unspecified atom stereocenters. The zero-order valence-corrected chi connectivity index (χ0v) is 13.2. The lowest BCUT2D eigenvalue weighted by atomic mass is 10.2. The van der Waals surface area contributed by atoms with E-state index in [1.165, 1.54) is 11.3 Å². The van der Waals surface area contributed by atoms with Crippen LogP contribution in [-0.4, -0.2) is 19.8 Å².